The molecule has 2 unspecified atom stereocenters. The van der Waals surface area contributed by atoms with Crippen LogP contribution in [0, 0.1) is 0 Å². The summed E-state index contributed by atoms with van der Waals surface area (Å²) in [5.41, 5.74) is 7.31. The Kier molecular flexibility index (Phi) is 7.76. The molecule has 0 saturated carbocycles. The topological polar surface area (TPSA) is 122 Å². The molecule has 27 heavy (non-hydrogen) atoms. The van der Waals surface area contributed by atoms with Crippen molar-refractivity contribution in [2.24, 2.45) is 5.73 Å². The number of amides is 3. The van der Waals surface area contributed by atoms with Crippen LogP contribution in [0.2, 0.25) is 0 Å². The summed E-state index contributed by atoms with van der Waals surface area (Å²) >= 11 is 0. The van der Waals surface area contributed by atoms with Gasteiger partial charge in [-0.05, 0) is 24.8 Å². The van der Waals surface area contributed by atoms with Gasteiger partial charge in [-0.1, -0.05) is 54.1 Å². The number of aliphatic hydroxyl groups is 1. The van der Waals surface area contributed by atoms with Crippen LogP contribution in [0.4, 0.5) is 0 Å². The van der Waals surface area contributed by atoms with E-state index < -0.39 is 36.4 Å². The molecule has 3 amide bonds. The van der Waals surface area contributed by atoms with Gasteiger partial charge in [-0.2, -0.15) is 0 Å². The van der Waals surface area contributed by atoms with Gasteiger partial charge < -0.3 is 21.5 Å². The molecular weight excluding hydrogens is 346 g/mol. The molecule has 144 valence electrons. The summed E-state index contributed by atoms with van der Waals surface area (Å²) in [6.45, 7) is -0.716. The van der Waals surface area contributed by atoms with Crippen molar-refractivity contribution < 1.29 is 19.5 Å². The highest BCUT2D eigenvalue weighted by Gasteiger charge is 2.26. The lowest BCUT2D eigenvalue weighted by atomic mass is 9.97. The Balaban J connectivity index is 2.08. The van der Waals surface area contributed by atoms with E-state index >= 15 is 0 Å². The number of nitrogens with two attached hydrogens (primary N) is 1. The van der Waals surface area contributed by atoms with Crippen LogP contribution >= 0.6 is 0 Å². The number of carbonyl (C=O) groups excluding carboxylic acids is 3. The van der Waals surface area contributed by atoms with Crippen LogP contribution in [0.5, 0.6) is 0 Å². The average Bonchev–Trinajstić information content (AvgIpc) is 2.68. The maximum atomic E-state index is 12.7. The van der Waals surface area contributed by atoms with Gasteiger partial charge >= 0.3 is 0 Å². The van der Waals surface area contributed by atoms with Gasteiger partial charge in [0.2, 0.25) is 17.7 Å². The molecule has 0 aliphatic heterocycles. The first kappa shape index (κ1) is 20.4. The Morgan fingerprint density at radius 2 is 1.81 bits per heavy atom. The minimum absolute atomic E-state index is 0.258. The molecule has 2 rings (SSSR count). The number of carbonyl (C=O) groups is 3. The zero-order chi connectivity index (χ0) is 19.6. The lowest BCUT2D eigenvalue weighted by Crippen LogP contribution is -2.54. The van der Waals surface area contributed by atoms with Crippen LogP contribution in [-0.4, -0.2) is 41.5 Å². The SMILES string of the molecule is NC(=O)C(Cc1ccccc1)NC(=O)C(CC1=CC=CCC1)NC(=O)CO. The summed E-state index contributed by atoms with van der Waals surface area (Å²) in [5, 5.41) is 14.1. The number of nitrogens with one attached hydrogen (secondary N) is 2. The van der Waals surface area contributed by atoms with E-state index in [1.165, 1.54) is 0 Å². The highest BCUT2D eigenvalue weighted by atomic mass is 16.3. The van der Waals surface area contributed by atoms with E-state index in [1.807, 2.05) is 48.6 Å². The Hall–Kier alpha value is -2.93. The van der Waals surface area contributed by atoms with E-state index in [4.69, 9.17) is 10.8 Å². The second-order valence-corrected chi connectivity index (χ2v) is 6.43. The van der Waals surface area contributed by atoms with Crippen LogP contribution in [0.3, 0.4) is 0 Å². The van der Waals surface area contributed by atoms with Crippen molar-refractivity contribution in [1.82, 2.24) is 10.6 Å². The second kappa shape index (κ2) is 10.3. The fraction of sp³-hybridized carbons (Fsp3) is 0.350. The molecule has 0 radical (unpaired) electrons. The van der Waals surface area contributed by atoms with Crippen molar-refractivity contribution in [3.8, 4) is 0 Å². The Bertz CT molecular complexity index is 728. The van der Waals surface area contributed by atoms with Crippen molar-refractivity contribution in [2.75, 3.05) is 6.61 Å². The van der Waals surface area contributed by atoms with Gasteiger partial charge in [0, 0.05) is 6.42 Å². The van der Waals surface area contributed by atoms with Crippen LogP contribution in [0.25, 0.3) is 0 Å². The Morgan fingerprint density at radius 3 is 2.41 bits per heavy atom. The molecule has 0 bridgehead atoms. The Labute approximate surface area is 158 Å². The first-order valence-corrected chi connectivity index (χ1v) is 8.88. The first-order chi connectivity index (χ1) is 13.0. The zero-order valence-corrected chi connectivity index (χ0v) is 15.1. The third kappa shape index (κ3) is 6.71. The molecule has 2 atom stereocenters. The molecule has 0 aromatic heterocycles. The van der Waals surface area contributed by atoms with Gasteiger partial charge in [0.25, 0.3) is 0 Å². The van der Waals surface area contributed by atoms with Crippen LogP contribution < -0.4 is 16.4 Å². The Morgan fingerprint density at radius 1 is 1.07 bits per heavy atom. The van der Waals surface area contributed by atoms with E-state index in [0.29, 0.717) is 6.42 Å². The molecule has 0 spiro atoms. The van der Waals surface area contributed by atoms with Crippen molar-refractivity contribution in [2.45, 2.75) is 37.8 Å². The number of benzene rings is 1. The minimum Gasteiger partial charge on any atom is -0.387 e. The fourth-order valence-corrected chi connectivity index (χ4v) is 2.88. The second-order valence-electron chi connectivity index (χ2n) is 6.43. The number of rotatable bonds is 9. The van der Waals surface area contributed by atoms with E-state index in [0.717, 1.165) is 24.0 Å². The van der Waals surface area contributed by atoms with Crippen LogP contribution in [0.1, 0.15) is 24.8 Å². The largest absolute Gasteiger partial charge is 0.387 e. The summed E-state index contributed by atoms with van der Waals surface area (Å²) in [6.07, 6.45) is 8.05. The lowest BCUT2D eigenvalue weighted by molar-refractivity contribution is -0.132. The number of hydrogen-bond donors (Lipinski definition) is 4. The molecule has 0 fully saturated rings. The van der Waals surface area contributed by atoms with Crippen molar-refractivity contribution in [3.05, 3.63) is 59.7 Å². The standard InChI is InChI=1S/C20H25N3O4/c21-19(26)16(11-14-7-3-1-4-8-14)23-20(27)17(22-18(25)13-24)12-15-9-5-2-6-10-15/h1-5,7-9,16-17,24H,6,10-13H2,(H2,21,26)(H,22,25)(H,23,27). The quantitative estimate of drug-likeness (QED) is 0.500. The summed E-state index contributed by atoms with van der Waals surface area (Å²) in [4.78, 5) is 36.1. The van der Waals surface area contributed by atoms with Gasteiger partial charge in [0.1, 0.15) is 18.7 Å². The first-order valence-electron chi connectivity index (χ1n) is 8.88. The highest BCUT2D eigenvalue weighted by molar-refractivity contribution is 5.92. The van der Waals surface area contributed by atoms with E-state index in [2.05, 4.69) is 10.6 Å². The predicted molar refractivity (Wildman–Crippen MR) is 101 cm³/mol. The zero-order valence-electron chi connectivity index (χ0n) is 15.1. The molecule has 5 N–H and O–H groups in total. The predicted octanol–water partition coefficient (Wildman–Crippen LogP) is 0.343. The molecule has 1 aliphatic rings. The normalized spacial score (nSPS) is 15.4. The lowest BCUT2D eigenvalue weighted by Gasteiger charge is -2.23. The summed E-state index contributed by atoms with van der Waals surface area (Å²) in [7, 11) is 0. The van der Waals surface area contributed by atoms with Crippen molar-refractivity contribution in [1.29, 1.82) is 0 Å². The minimum atomic E-state index is -0.895. The number of allylic oxidation sites excluding steroid dienone is 3. The third-order valence-corrected chi connectivity index (χ3v) is 4.30. The van der Waals surface area contributed by atoms with Crippen molar-refractivity contribution >= 4 is 17.7 Å². The van der Waals surface area contributed by atoms with Crippen LogP contribution in [-0.2, 0) is 20.8 Å². The van der Waals surface area contributed by atoms with E-state index in [-0.39, 0.29) is 6.42 Å². The highest BCUT2D eigenvalue weighted by Crippen LogP contribution is 2.17. The monoisotopic (exact) mass is 371 g/mol. The molecule has 1 aliphatic carbocycles. The number of hydrogen-bond acceptors (Lipinski definition) is 4. The van der Waals surface area contributed by atoms with Crippen LogP contribution in [0.15, 0.2) is 54.1 Å². The van der Waals surface area contributed by atoms with Gasteiger partial charge in [-0.15, -0.1) is 0 Å². The fourth-order valence-electron chi connectivity index (χ4n) is 2.88. The van der Waals surface area contributed by atoms with E-state index in [1.54, 1.807) is 0 Å². The molecule has 1 aromatic carbocycles. The smallest absolute Gasteiger partial charge is 0.246 e. The average molecular weight is 371 g/mol. The number of primary amides is 1. The van der Waals surface area contributed by atoms with Gasteiger partial charge in [-0.25, -0.2) is 0 Å². The number of aliphatic hydroxyl groups excluding tert-OH is 1. The molecule has 7 nitrogen and oxygen atoms in total. The van der Waals surface area contributed by atoms with Crippen molar-refractivity contribution in [3.63, 3.8) is 0 Å². The van der Waals surface area contributed by atoms with Gasteiger partial charge in [0.05, 0.1) is 0 Å². The maximum absolute atomic E-state index is 12.7. The molecule has 0 saturated heterocycles. The maximum Gasteiger partial charge on any atom is 0.246 e. The summed E-state index contributed by atoms with van der Waals surface area (Å²) in [5.74, 6) is -1.81. The molecule has 0 heterocycles. The molecular formula is C20H25N3O4. The molecule has 7 heteroatoms. The van der Waals surface area contributed by atoms with Gasteiger partial charge in [0.15, 0.2) is 0 Å². The third-order valence-electron chi connectivity index (χ3n) is 4.30. The van der Waals surface area contributed by atoms with E-state index in [9.17, 15) is 14.4 Å². The summed E-state index contributed by atoms with van der Waals surface area (Å²) in [6, 6.07) is 7.42. The summed E-state index contributed by atoms with van der Waals surface area (Å²) < 4.78 is 0. The molecule has 1 aromatic rings. The van der Waals surface area contributed by atoms with Gasteiger partial charge in [-0.3, -0.25) is 14.4 Å².